The molecule has 0 radical (unpaired) electrons. The Morgan fingerprint density at radius 1 is 1.00 bits per heavy atom. The normalized spacial score (nSPS) is 13.9. The van der Waals surface area contributed by atoms with E-state index >= 15 is 0 Å². The Morgan fingerprint density at radius 2 is 1.70 bits per heavy atom. The molecule has 2 aromatic carbocycles. The Labute approximate surface area is 155 Å². The van der Waals surface area contributed by atoms with E-state index < -0.39 is 23.4 Å². The Bertz CT molecular complexity index is 821. The van der Waals surface area contributed by atoms with Crippen molar-refractivity contribution in [2.45, 2.75) is 0 Å². The third kappa shape index (κ3) is 5.01. The van der Waals surface area contributed by atoms with Gasteiger partial charge in [0.15, 0.2) is 11.6 Å². The molecule has 0 spiro atoms. The zero-order valence-corrected chi connectivity index (χ0v) is 14.5. The van der Waals surface area contributed by atoms with Crippen molar-refractivity contribution in [2.24, 2.45) is 0 Å². The van der Waals surface area contributed by atoms with Crippen LogP contribution in [-0.2, 0) is 9.53 Å². The second-order valence-corrected chi connectivity index (χ2v) is 6.01. The Hall–Kier alpha value is -3.00. The number of halogens is 2. The Balaban J connectivity index is 1.50. The number of nitrogens with zero attached hydrogens (tertiary/aromatic N) is 1. The van der Waals surface area contributed by atoms with Gasteiger partial charge < -0.3 is 20.3 Å². The SMILES string of the molecule is O=C(CNC(=O)c1ccc(N2CCOCC2)cc1)Nc1ccc(F)c(F)c1. The molecule has 3 rings (SSSR count). The van der Waals surface area contributed by atoms with E-state index in [4.69, 9.17) is 4.74 Å². The van der Waals surface area contributed by atoms with Crippen LogP contribution in [0.4, 0.5) is 20.2 Å². The molecule has 2 aromatic rings. The molecule has 2 amide bonds. The second kappa shape index (κ2) is 8.59. The zero-order chi connectivity index (χ0) is 19.2. The fourth-order valence-corrected chi connectivity index (χ4v) is 2.69. The molecule has 1 aliphatic rings. The van der Waals surface area contributed by atoms with Crippen molar-refractivity contribution >= 4 is 23.2 Å². The van der Waals surface area contributed by atoms with Crippen LogP contribution in [-0.4, -0.2) is 44.7 Å². The highest BCUT2D eigenvalue weighted by Crippen LogP contribution is 2.17. The summed E-state index contributed by atoms with van der Waals surface area (Å²) in [5, 5.41) is 4.88. The van der Waals surface area contributed by atoms with Gasteiger partial charge in [0.25, 0.3) is 5.91 Å². The molecule has 27 heavy (non-hydrogen) atoms. The van der Waals surface area contributed by atoms with Crippen LogP contribution in [0.25, 0.3) is 0 Å². The summed E-state index contributed by atoms with van der Waals surface area (Å²) in [5.74, 6) is -3.00. The number of nitrogens with one attached hydrogen (secondary N) is 2. The molecule has 0 aromatic heterocycles. The van der Waals surface area contributed by atoms with Crippen LogP contribution in [0.1, 0.15) is 10.4 Å². The number of carbonyl (C=O) groups is 2. The van der Waals surface area contributed by atoms with Gasteiger partial charge in [0, 0.05) is 36.1 Å². The molecule has 0 saturated carbocycles. The molecule has 0 unspecified atom stereocenters. The molecule has 0 atom stereocenters. The van der Waals surface area contributed by atoms with Gasteiger partial charge in [0.1, 0.15) is 0 Å². The average molecular weight is 375 g/mol. The van der Waals surface area contributed by atoms with Crippen molar-refractivity contribution in [3.05, 3.63) is 59.7 Å². The highest BCUT2D eigenvalue weighted by Gasteiger charge is 2.13. The first-order valence-electron chi connectivity index (χ1n) is 8.49. The summed E-state index contributed by atoms with van der Waals surface area (Å²) in [4.78, 5) is 26.2. The van der Waals surface area contributed by atoms with E-state index in [2.05, 4.69) is 15.5 Å². The highest BCUT2D eigenvalue weighted by atomic mass is 19.2. The molecular weight excluding hydrogens is 356 g/mol. The van der Waals surface area contributed by atoms with E-state index in [1.165, 1.54) is 6.07 Å². The van der Waals surface area contributed by atoms with Crippen LogP contribution in [0.15, 0.2) is 42.5 Å². The maximum absolute atomic E-state index is 13.1. The minimum Gasteiger partial charge on any atom is -0.378 e. The summed E-state index contributed by atoms with van der Waals surface area (Å²) < 4.78 is 31.3. The minimum absolute atomic E-state index is 0.114. The quantitative estimate of drug-likeness (QED) is 0.840. The van der Waals surface area contributed by atoms with Crippen molar-refractivity contribution in [1.29, 1.82) is 0 Å². The number of amides is 2. The summed E-state index contributed by atoms with van der Waals surface area (Å²) in [6, 6.07) is 10.1. The lowest BCUT2D eigenvalue weighted by molar-refractivity contribution is -0.115. The summed E-state index contributed by atoms with van der Waals surface area (Å²) in [6.07, 6.45) is 0. The maximum Gasteiger partial charge on any atom is 0.251 e. The Morgan fingerprint density at radius 3 is 2.37 bits per heavy atom. The smallest absolute Gasteiger partial charge is 0.251 e. The molecular formula is C19H19F2N3O3. The molecule has 1 heterocycles. The van der Waals surface area contributed by atoms with Crippen LogP contribution >= 0.6 is 0 Å². The first-order chi connectivity index (χ1) is 13.0. The molecule has 1 aliphatic heterocycles. The van der Waals surface area contributed by atoms with Gasteiger partial charge in [-0.25, -0.2) is 8.78 Å². The van der Waals surface area contributed by atoms with Crippen LogP contribution in [0.3, 0.4) is 0 Å². The third-order valence-electron chi connectivity index (χ3n) is 4.12. The van der Waals surface area contributed by atoms with E-state index in [1.807, 2.05) is 12.1 Å². The molecule has 0 bridgehead atoms. The highest BCUT2D eigenvalue weighted by molar-refractivity contribution is 5.99. The molecule has 0 aliphatic carbocycles. The number of benzene rings is 2. The lowest BCUT2D eigenvalue weighted by Crippen LogP contribution is -2.36. The van der Waals surface area contributed by atoms with Crippen LogP contribution in [0.2, 0.25) is 0 Å². The van der Waals surface area contributed by atoms with Crippen molar-refractivity contribution in [3.63, 3.8) is 0 Å². The van der Waals surface area contributed by atoms with Gasteiger partial charge in [-0.2, -0.15) is 0 Å². The summed E-state index contributed by atoms with van der Waals surface area (Å²) in [7, 11) is 0. The number of hydrogen-bond donors (Lipinski definition) is 2. The van der Waals surface area contributed by atoms with Gasteiger partial charge in [-0.05, 0) is 36.4 Å². The van der Waals surface area contributed by atoms with E-state index in [0.717, 1.165) is 30.9 Å². The maximum atomic E-state index is 13.1. The molecule has 142 valence electrons. The third-order valence-corrected chi connectivity index (χ3v) is 4.12. The predicted molar refractivity (Wildman–Crippen MR) is 96.8 cm³/mol. The van der Waals surface area contributed by atoms with Gasteiger partial charge in [0.2, 0.25) is 5.91 Å². The van der Waals surface area contributed by atoms with Gasteiger partial charge in [-0.1, -0.05) is 0 Å². The van der Waals surface area contributed by atoms with Gasteiger partial charge in [-0.15, -0.1) is 0 Å². The number of carbonyl (C=O) groups excluding carboxylic acids is 2. The van der Waals surface area contributed by atoms with Crippen LogP contribution < -0.4 is 15.5 Å². The molecule has 1 saturated heterocycles. The van der Waals surface area contributed by atoms with E-state index in [0.29, 0.717) is 18.8 Å². The lowest BCUT2D eigenvalue weighted by atomic mass is 10.1. The van der Waals surface area contributed by atoms with Crippen LogP contribution in [0, 0.1) is 11.6 Å². The fraction of sp³-hybridized carbons (Fsp3) is 0.263. The van der Waals surface area contributed by atoms with E-state index in [1.54, 1.807) is 12.1 Å². The van der Waals surface area contributed by atoms with Crippen LogP contribution in [0.5, 0.6) is 0 Å². The second-order valence-electron chi connectivity index (χ2n) is 6.01. The monoisotopic (exact) mass is 375 g/mol. The van der Waals surface area contributed by atoms with Gasteiger partial charge >= 0.3 is 0 Å². The summed E-state index contributed by atoms with van der Waals surface area (Å²) in [5.41, 5.74) is 1.54. The number of hydrogen-bond acceptors (Lipinski definition) is 4. The molecule has 2 N–H and O–H groups in total. The summed E-state index contributed by atoms with van der Waals surface area (Å²) in [6.45, 7) is 2.67. The Kier molecular flexibility index (Phi) is 5.97. The van der Waals surface area contributed by atoms with Crippen molar-refractivity contribution in [1.82, 2.24) is 5.32 Å². The predicted octanol–water partition coefficient (Wildman–Crippen LogP) is 2.17. The topological polar surface area (TPSA) is 70.7 Å². The summed E-state index contributed by atoms with van der Waals surface area (Å²) >= 11 is 0. The van der Waals surface area contributed by atoms with Gasteiger partial charge in [0.05, 0.1) is 19.8 Å². The zero-order valence-electron chi connectivity index (χ0n) is 14.5. The van der Waals surface area contributed by atoms with Crippen molar-refractivity contribution in [2.75, 3.05) is 43.1 Å². The molecule has 8 heteroatoms. The standard InChI is InChI=1S/C19H19F2N3O3/c20-16-6-3-14(11-17(16)21)23-18(25)12-22-19(26)13-1-4-15(5-2-13)24-7-9-27-10-8-24/h1-6,11H,7-10,12H2,(H,22,26)(H,23,25). The van der Waals surface area contributed by atoms with E-state index in [-0.39, 0.29) is 12.2 Å². The molecule has 6 nitrogen and oxygen atoms in total. The van der Waals surface area contributed by atoms with Crippen molar-refractivity contribution in [3.8, 4) is 0 Å². The van der Waals surface area contributed by atoms with E-state index in [9.17, 15) is 18.4 Å². The fourth-order valence-electron chi connectivity index (χ4n) is 2.69. The van der Waals surface area contributed by atoms with Crippen molar-refractivity contribution < 1.29 is 23.1 Å². The molecule has 1 fully saturated rings. The number of ether oxygens (including phenoxy) is 1. The first kappa shape index (κ1) is 18.8. The lowest BCUT2D eigenvalue weighted by Gasteiger charge is -2.28. The minimum atomic E-state index is -1.06. The van der Waals surface area contributed by atoms with Gasteiger partial charge in [-0.3, -0.25) is 9.59 Å². The number of anilines is 2. The number of morpholine rings is 1. The first-order valence-corrected chi connectivity index (χ1v) is 8.49. The average Bonchev–Trinajstić information content (AvgIpc) is 2.70. The number of rotatable bonds is 5. The largest absolute Gasteiger partial charge is 0.378 e.